The van der Waals surface area contributed by atoms with Crippen molar-refractivity contribution in [2.75, 3.05) is 0 Å². The molecule has 0 saturated carbocycles. The molecule has 3 rings (SSSR count). The predicted octanol–water partition coefficient (Wildman–Crippen LogP) is 5.51. The zero-order valence-corrected chi connectivity index (χ0v) is 16.9. The fraction of sp³-hybridized carbons (Fsp3) is 0.273. The van der Waals surface area contributed by atoms with Gasteiger partial charge in [-0.15, -0.1) is 16.8 Å². The molecule has 0 aliphatic heterocycles. The van der Waals surface area contributed by atoms with Crippen LogP contribution in [0.4, 0.5) is 0 Å². The number of ether oxygens (including phenoxy) is 1. The Morgan fingerprint density at radius 3 is 2.56 bits per heavy atom. The Hall–Kier alpha value is -2.53. The Kier molecular flexibility index (Phi) is 6.35. The number of hydrogen-bond acceptors (Lipinski definition) is 4. The molecule has 0 N–H and O–H groups in total. The van der Waals surface area contributed by atoms with Crippen LogP contribution in [0, 0.1) is 13.8 Å². The molecular formula is C22H25N3OS. The number of hydrogen-bond donors (Lipinski definition) is 0. The minimum absolute atomic E-state index is 0.201. The normalized spacial score (nSPS) is 12.0. The summed E-state index contributed by atoms with van der Waals surface area (Å²) in [5.74, 6) is 2.49. The summed E-state index contributed by atoms with van der Waals surface area (Å²) in [7, 11) is 0. The Balaban J connectivity index is 1.76. The average Bonchev–Trinajstić information content (AvgIpc) is 3.06. The average molecular weight is 380 g/mol. The Morgan fingerprint density at radius 1 is 1.11 bits per heavy atom. The molecule has 0 radical (unpaired) electrons. The summed E-state index contributed by atoms with van der Waals surface area (Å²) < 4.78 is 8.15. The third kappa shape index (κ3) is 4.80. The first-order valence-corrected chi connectivity index (χ1v) is 10.0. The second kappa shape index (κ2) is 8.91. The zero-order valence-electron chi connectivity index (χ0n) is 16.1. The predicted molar refractivity (Wildman–Crippen MR) is 111 cm³/mol. The first-order chi connectivity index (χ1) is 13.1. The summed E-state index contributed by atoms with van der Waals surface area (Å²) >= 11 is 1.69. The van der Waals surface area contributed by atoms with Crippen LogP contribution in [-0.2, 0) is 12.3 Å². The van der Waals surface area contributed by atoms with E-state index in [1.54, 1.807) is 11.8 Å². The van der Waals surface area contributed by atoms with Gasteiger partial charge in [0, 0.05) is 12.3 Å². The van der Waals surface area contributed by atoms with Crippen molar-refractivity contribution in [3.8, 4) is 5.75 Å². The largest absolute Gasteiger partial charge is 0.483 e. The molecule has 27 heavy (non-hydrogen) atoms. The standard InChI is InChI=1S/C22H25N3OS/c1-5-14-25-21(18(4)26-20-12-10-16(2)11-13-20)23-24-22(25)27-15-19-9-7-6-8-17(19)3/h5-13,18H,1,14-15H2,2-4H3. The van der Waals surface area contributed by atoms with Crippen molar-refractivity contribution in [2.45, 2.75) is 44.3 Å². The summed E-state index contributed by atoms with van der Waals surface area (Å²) in [6.45, 7) is 10.7. The number of thioether (sulfide) groups is 1. The van der Waals surface area contributed by atoms with Crippen molar-refractivity contribution in [1.29, 1.82) is 0 Å². The number of nitrogens with zero attached hydrogens (tertiary/aromatic N) is 3. The number of allylic oxidation sites excluding steroid dienone is 1. The van der Waals surface area contributed by atoms with Gasteiger partial charge in [-0.25, -0.2) is 0 Å². The monoisotopic (exact) mass is 379 g/mol. The van der Waals surface area contributed by atoms with Gasteiger partial charge in [0.15, 0.2) is 17.1 Å². The van der Waals surface area contributed by atoms with Crippen molar-refractivity contribution >= 4 is 11.8 Å². The van der Waals surface area contributed by atoms with Crippen LogP contribution in [0.2, 0.25) is 0 Å². The number of aryl methyl sites for hydroxylation is 2. The highest BCUT2D eigenvalue weighted by molar-refractivity contribution is 7.98. The molecule has 3 aromatic rings. The van der Waals surface area contributed by atoms with Gasteiger partial charge >= 0.3 is 0 Å². The van der Waals surface area contributed by atoms with Gasteiger partial charge < -0.3 is 4.74 Å². The van der Waals surface area contributed by atoms with E-state index in [0.29, 0.717) is 6.54 Å². The molecule has 140 valence electrons. The molecule has 0 aliphatic rings. The van der Waals surface area contributed by atoms with Crippen LogP contribution in [0.3, 0.4) is 0 Å². The van der Waals surface area contributed by atoms with Crippen molar-refractivity contribution in [1.82, 2.24) is 14.8 Å². The quantitative estimate of drug-likeness (QED) is 0.382. The van der Waals surface area contributed by atoms with E-state index < -0.39 is 0 Å². The van der Waals surface area contributed by atoms with Crippen molar-refractivity contribution in [3.63, 3.8) is 0 Å². The summed E-state index contributed by atoms with van der Waals surface area (Å²) in [6.07, 6.45) is 1.66. The molecule has 0 saturated heterocycles. The van der Waals surface area contributed by atoms with E-state index >= 15 is 0 Å². The van der Waals surface area contributed by atoms with Gasteiger partial charge in [-0.1, -0.05) is 59.8 Å². The number of aromatic nitrogens is 3. The lowest BCUT2D eigenvalue weighted by molar-refractivity contribution is 0.210. The van der Waals surface area contributed by atoms with E-state index in [-0.39, 0.29) is 6.10 Å². The molecule has 2 aromatic carbocycles. The minimum Gasteiger partial charge on any atom is -0.483 e. The van der Waals surface area contributed by atoms with Crippen LogP contribution in [0.15, 0.2) is 66.3 Å². The molecular weight excluding hydrogens is 354 g/mol. The van der Waals surface area contributed by atoms with Crippen LogP contribution in [-0.4, -0.2) is 14.8 Å². The van der Waals surface area contributed by atoms with Gasteiger partial charge in [-0.2, -0.15) is 0 Å². The van der Waals surface area contributed by atoms with Crippen LogP contribution >= 0.6 is 11.8 Å². The third-order valence-electron chi connectivity index (χ3n) is 4.37. The van der Waals surface area contributed by atoms with Crippen molar-refractivity contribution < 1.29 is 4.74 Å². The van der Waals surface area contributed by atoms with Gasteiger partial charge in [-0.3, -0.25) is 4.57 Å². The minimum atomic E-state index is -0.201. The van der Waals surface area contributed by atoms with Crippen LogP contribution < -0.4 is 4.74 Å². The number of benzene rings is 2. The maximum Gasteiger partial charge on any atom is 0.191 e. The van der Waals surface area contributed by atoms with Gasteiger partial charge in [0.25, 0.3) is 0 Å². The first kappa shape index (κ1) is 19.2. The second-order valence-corrected chi connectivity index (χ2v) is 7.47. The highest BCUT2D eigenvalue weighted by Gasteiger charge is 2.19. The van der Waals surface area contributed by atoms with E-state index in [1.165, 1.54) is 16.7 Å². The van der Waals surface area contributed by atoms with Gasteiger partial charge in [0.2, 0.25) is 0 Å². The second-order valence-electron chi connectivity index (χ2n) is 6.53. The Labute approximate surface area is 165 Å². The van der Waals surface area contributed by atoms with Gasteiger partial charge in [0.1, 0.15) is 5.75 Å². The molecule has 1 unspecified atom stereocenters. The zero-order chi connectivity index (χ0) is 19.2. The molecule has 5 heteroatoms. The highest BCUT2D eigenvalue weighted by atomic mass is 32.2. The Bertz CT molecular complexity index is 902. The van der Waals surface area contributed by atoms with E-state index in [9.17, 15) is 0 Å². The molecule has 0 bridgehead atoms. The van der Waals surface area contributed by atoms with E-state index in [1.807, 2.05) is 37.3 Å². The summed E-state index contributed by atoms with van der Waals surface area (Å²) in [6, 6.07) is 16.5. The molecule has 4 nitrogen and oxygen atoms in total. The lowest BCUT2D eigenvalue weighted by atomic mass is 10.1. The maximum atomic E-state index is 6.07. The van der Waals surface area contributed by atoms with Crippen molar-refractivity contribution in [2.24, 2.45) is 0 Å². The molecule has 1 aromatic heterocycles. The molecule has 0 aliphatic carbocycles. The van der Waals surface area contributed by atoms with Crippen LogP contribution in [0.1, 0.15) is 35.5 Å². The third-order valence-corrected chi connectivity index (χ3v) is 5.39. The fourth-order valence-electron chi connectivity index (χ4n) is 2.80. The van der Waals surface area contributed by atoms with E-state index in [0.717, 1.165) is 22.5 Å². The fourth-order valence-corrected chi connectivity index (χ4v) is 3.83. The molecule has 1 atom stereocenters. The summed E-state index contributed by atoms with van der Waals surface area (Å²) in [4.78, 5) is 0. The molecule has 0 amide bonds. The number of rotatable bonds is 8. The molecule has 0 spiro atoms. The van der Waals surface area contributed by atoms with E-state index in [4.69, 9.17) is 4.74 Å². The lowest BCUT2D eigenvalue weighted by Gasteiger charge is -2.16. The SMILES string of the molecule is C=CCn1c(SCc2ccccc2C)nnc1C(C)Oc1ccc(C)cc1. The topological polar surface area (TPSA) is 39.9 Å². The Morgan fingerprint density at radius 2 is 1.85 bits per heavy atom. The van der Waals surface area contributed by atoms with Gasteiger partial charge in [0.05, 0.1) is 0 Å². The first-order valence-electron chi connectivity index (χ1n) is 9.03. The van der Waals surface area contributed by atoms with Crippen LogP contribution in [0.5, 0.6) is 5.75 Å². The summed E-state index contributed by atoms with van der Waals surface area (Å²) in [5, 5.41) is 9.69. The van der Waals surface area contributed by atoms with Gasteiger partial charge in [-0.05, 0) is 44.0 Å². The maximum absolute atomic E-state index is 6.07. The van der Waals surface area contributed by atoms with E-state index in [2.05, 4.69) is 59.5 Å². The molecule has 1 heterocycles. The highest BCUT2D eigenvalue weighted by Crippen LogP contribution is 2.27. The smallest absolute Gasteiger partial charge is 0.191 e. The lowest BCUT2D eigenvalue weighted by Crippen LogP contribution is -2.12. The summed E-state index contributed by atoms with van der Waals surface area (Å²) in [5.41, 5.74) is 3.80. The van der Waals surface area contributed by atoms with Crippen molar-refractivity contribution in [3.05, 3.63) is 83.7 Å². The van der Waals surface area contributed by atoms with Crippen LogP contribution in [0.25, 0.3) is 0 Å². The molecule has 0 fully saturated rings.